The van der Waals surface area contributed by atoms with E-state index in [1.165, 1.54) is 113 Å². The molecule has 0 bridgehead atoms. The molecule has 2 heterocycles. The molecule has 0 saturated heterocycles. The van der Waals surface area contributed by atoms with Gasteiger partial charge in [-0.1, -0.05) is 190 Å². The van der Waals surface area contributed by atoms with Crippen LogP contribution in [0, 0.1) is 0 Å². The number of hydrogen-bond donors (Lipinski definition) is 0. The minimum absolute atomic E-state index is 0.0732. The fourth-order valence-electron chi connectivity index (χ4n) is 11.9. The molecule has 0 amide bonds. The summed E-state index contributed by atoms with van der Waals surface area (Å²) in [6, 6.07) is 72.3. The van der Waals surface area contributed by atoms with Crippen molar-refractivity contribution < 1.29 is 0 Å². The maximum atomic E-state index is 2.62. The topological polar surface area (TPSA) is 0 Å². The van der Waals surface area contributed by atoms with Crippen molar-refractivity contribution in [3.63, 3.8) is 0 Å². The lowest BCUT2D eigenvalue weighted by atomic mass is 9.66. The fraction of sp³-hybridized carbons (Fsp3) is 0.133. The molecule has 0 N–H and O–H groups in total. The molecule has 2 atom stereocenters. The van der Waals surface area contributed by atoms with E-state index < -0.39 is 5.41 Å². The van der Waals surface area contributed by atoms with Gasteiger partial charge in [0.15, 0.2) is 0 Å². The number of thiophene rings is 1. The molecular weight excluding hydrogens is 785 g/mol. The minimum atomic E-state index is -0.434. The zero-order valence-corrected chi connectivity index (χ0v) is 36.7. The van der Waals surface area contributed by atoms with Crippen LogP contribution < -0.4 is 0 Å². The van der Waals surface area contributed by atoms with Crippen LogP contribution in [0.25, 0.3) is 53.2 Å². The second-order valence-corrected chi connectivity index (χ2v) is 20.5. The third kappa shape index (κ3) is 5.03. The summed E-state index contributed by atoms with van der Waals surface area (Å²) in [4.78, 5) is 2.68. The van der Waals surface area contributed by atoms with E-state index in [2.05, 4.69) is 209 Å². The van der Waals surface area contributed by atoms with Crippen molar-refractivity contribution in [3.8, 4) is 22.3 Å². The summed E-state index contributed by atoms with van der Waals surface area (Å²) in [6.07, 6.45) is 0.925. The molecule has 2 heteroatoms. The van der Waals surface area contributed by atoms with E-state index in [1.54, 1.807) is 0 Å². The smallest absolute Gasteiger partial charge is 0.0735 e. The van der Waals surface area contributed by atoms with Crippen molar-refractivity contribution in [2.75, 3.05) is 0 Å². The van der Waals surface area contributed by atoms with E-state index in [1.807, 2.05) is 23.1 Å². The Labute approximate surface area is 371 Å². The van der Waals surface area contributed by atoms with Crippen molar-refractivity contribution >= 4 is 54.0 Å². The van der Waals surface area contributed by atoms with E-state index >= 15 is 0 Å². The summed E-state index contributed by atoms with van der Waals surface area (Å²) >= 11 is 3.87. The molecule has 3 aliphatic rings. The van der Waals surface area contributed by atoms with Gasteiger partial charge in [-0.05, 0) is 132 Å². The van der Waals surface area contributed by atoms with Crippen molar-refractivity contribution in [2.24, 2.45) is 0 Å². The first-order valence-corrected chi connectivity index (χ1v) is 23.7. The van der Waals surface area contributed by atoms with Crippen LogP contribution in [0.5, 0.6) is 0 Å². The Bertz CT molecular complexity index is 3440. The molecule has 1 aromatic heterocycles. The first kappa shape index (κ1) is 36.5. The Morgan fingerprint density at radius 3 is 1.89 bits per heavy atom. The van der Waals surface area contributed by atoms with Gasteiger partial charge in [-0.2, -0.15) is 0 Å². The van der Waals surface area contributed by atoms with E-state index in [0.717, 1.165) is 6.42 Å². The first-order chi connectivity index (χ1) is 30.4. The maximum absolute atomic E-state index is 2.62. The zero-order valence-electron chi connectivity index (χ0n) is 35.1. The molecule has 2 unspecified atom stereocenters. The van der Waals surface area contributed by atoms with Crippen LogP contribution in [0.15, 0.2) is 198 Å². The van der Waals surface area contributed by atoms with Gasteiger partial charge in [0, 0.05) is 35.4 Å². The predicted molar refractivity (Wildman–Crippen MR) is 264 cm³/mol. The minimum Gasteiger partial charge on any atom is -0.135 e. The van der Waals surface area contributed by atoms with E-state index in [9.17, 15) is 0 Å². The van der Waals surface area contributed by atoms with E-state index in [4.69, 9.17) is 0 Å². The lowest BCUT2D eigenvalue weighted by molar-refractivity contribution is 0.572. The Morgan fingerprint density at radius 1 is 0.468 bits per heavy atom. The van der Waals surface area contributed by atoms with Gasteiger partial charge in [0.2, 0.25) is 0 Å². The first-order valence-electron chi connectivity index (χ1n) is 22.1. The molecule has 9 aromatic carbocycles. The van der Waals surface area contributed by atoms with Gasteiger partial charge >= 0.3 is 0 Å². The quantitative estimate of drug-likeness (QED) is 0.167. The number of rotatable bonds is 5. The molecule has 13 rings (SSSR count). The number of benzene rings is 9. The number of hydrogen-bond acceptors (Lipinski definition) is 2. The van der Waals surface area contributed by atoms with Crippen LogP contribution in [-0.4, -0.2) is 0 Å². The van der Waals surface area contributed by atoms with Crippen molar-refractivity contribution in [1.29, 1.82) is 0 Å². The van der Waals surface area contributed by atoms with Gasteiger partial charge in [0.1, 0.15) is 0 Å². The molecule has 296 valence electrons. The second kappa shape index (κ2) is 13.4. The lowest BCUT2D eigenvalue weighted by Gasteiger charge is -2.40. The average Bonchev–Trinajstić information content (AvgIpc) is 3.91. The molecule has 0 fully saturated rings. The molecule has 62 heavy (non-hydrogen) atoms. The maximum Gasteiger partial charge on any atom is 0.0735 e. The summed E-state index contributed by atoms with van der Waals surface area (Å²) in [5.74, 6) is 0.492. The molecule has 10 aromatic rings. The van der Waals surface area contributed by atoms with Crippen LogP contribution in [-0.2, 0) is 17.3 Å². The highest BCUT2D eigenvalue weighted by Crippen LogP contribution is 2.63. The summed E-state index contributed by atoms with van der Waals surface area (Å²) in [5.41, 5.74) is 17.6. The standard InChI is InChI=1S/C60H44S2/c1-36(41-19-14-20-46-45-18-7-11-24-55(45)62-58(41)46)47(40-28-30-43-42-17-6-8-21-49(42)59(2,3)52(43)35-40)31-37-27-29-44-48-33-38-15-4-5-16-39(38)34-54(48)60(53(44)32-37)50-22-9-12-25-56(50)61-57-26-13-10-23-51(57)60/h4-30,32-36,47H,31H2,1-3H3. The van der Waals surface area contributed by atoms with Gasteiger partial charge in [-0.25, -0.2) is 0 Å². The lowest BCUT2D eigenvalue weighted by Crippen LogP contribution is -2.32. The van der Waals surface area contributed by atoms with Crippen LogP contribution in [0.3, 0.4) is 0 Å². The molecular formula is C60H44S2. The third-order valence-corrected chi connectivity index (χ3v) is 17.3. The normalized spacial score (nSPS) is 15.8. The van der Waals surface area contributed by atoms with Gasteiger partial charge in [-0.3, -0.25) is 0 Å². The van der Waals surface area contributed by atoms with Gasteiger partial charge in [0.25, 0.3) is 0 Å². The highest BCUT2D eigenvalue weighted by Gasteiger charge is 2.50. The molecule has 1 aliphatic heterocycles. The summed E-state index contributed by atoms with van der Waals surface area (Å²) in [7, 11) is 0. The highest BCUT2D eigenvalue weighted by molar-refractivity contribution is 7.99. The second-order valence-electron chi connectivity index (χ2n) is 18.4. The third-order valence-electron chi connectivity index (χ3n) is 14.9. The van der Waals surface area contributed by atoms with Crippen LogP contribution in [0.1, 0.15) is 82.7 Å². The predicted octanol–water partition coefficient (Wildman–Crippen LogP) is 16.5. The van der Waals surface area contributed by atoms with Crippen LogP contribution in [0.2, 0.25) is 0 Å². The average molecular weight is 829 g/mol. The molecule has 1 spiro atoms. The molecule has 2 aliphatic carbocycles. The Morgan fingerprint density at radius 2 is 1.08 bits per heavy atom. The fourth-order valence-corrected chi connectivity index (χ4v) is 14.4. The van der Waals surface area contributed by atoms with E-state index in [-0.39, 0.29) is 17.3 Å². The summed E-state index contributed by atoms with van der Waals surface area (Å²) < 4.78 is 2.78. The van der Waals surface area contributed by atoms with Crippen LogP contribution >= 0.6 is 23.1 Å². The van der Waals surface area contributed by atoms with Crippen molar-refractivity contribution in [3.05, 3.63) is 238 Å². The summed E-state index contributed by atoms with van der Waals surface area (Å²) in [6.45, 7) is 7.33. The Kier molecular flexibility index (Phi) is 7.88. The van der Waals surface area contributed by atoms with Gasteiger partial charge < -0.3 is 0 Å². The molecule has 0 radical (unpaired) electrons. The molecule has 0 saturated carbocycles. The zero-order chi connectivity index (χ0) is 41.3. The van der Waals surface area contributed by atoms with Gasteiger partial charge in [0.05, 0.1) is 5.41 Å². The Hall–Kier alpha value is -6.19. The Balaban J connectivity index is 1.03. The monoisotopic (exact) mass is 828 g/mol. The van der Waals surface area contributed by atoms with Crippen LogP contribution in [0.4, 0.5) is 0 Å². The van der Waals surface area contributed by atoms with Crippen molar-refractivity contribution in [2.45, 2.75) is 59.6 Å². The van der Waals surface area contributed by atoms with Crippen molar-refractivity contribution in [1.82, 2.24) is 0 Å². The molecule has 0 nitrogen and oxygen atoms in total. The van der Waals surface area contributed by atoms with Gasteiger partial charge in [-0.15, -0.1) is 11.3 Å². The largest absolute Gasteiger partial charge is 0.135 e. The highest BCUT2D eigenvalue weighted by atomic mass is 32.2. The number of fused-ring (bicyclic) bond motifs is 16. The SMILES string of the molecule is CC(c1cccc2c1sc1ccccc12)C(Cc1ccc2c(c1)C1(c3ccccc3Sc3ccccc31)c1cc3ccccc3cc1-2)c1ccc2c(c1)C(C)(C)c1ccccc1-2. The summed E-state index contributed by atoms with van der Waals surface area (Å²) in [5, 5.41) is 5.31. The van der Waals surface area contributed by atoms with E-state index in [0.29, 0.717) is 0 Å².